The van der Waals surface area contributed by atoms with Gasteiger partial charge >= 0.3 is 0 Å². The summed E-state index contributed by atoms with van der Waals surface area (Å²) in [5.41, 5.74) is 2.59. The van der Waals surface area contributed by atoms with Crippen molar-refractivity contribution in [2.75, 3.05) is 0 Å². The summed E-state index contributed by atoms with van der Waals surface area (Å²) in [4.78, 5) is 0. The van der Waals surface area contributed by atoms with E-state index in [1.807, 2.05) is 0 Å². The Morgan fingerprint density at radius 3 is 2.55 bits per heavy atom. The molecule has 1 heteroatoms. The van der Waals surface area contributed by atoms with Crippen LogP contribution in [0.3, 0.4) is 0 Å². The van der Waals surface area contributed by atoms with E-state index in [1.165, 1.54) is 17.6 Å². The Morgan fingerprint density at radius 1 is 1.45 bits per heavy atom. The van der Waals surface area contributed by atoms with Gasteiger partial charge in [0.1, 0.15) is 0 Å². The standard InChI is InChI=1S/C10H18O/c1-7(2)9-5-4-8(3)6-10(9)11/h8,10-11H,4-6H2,1-3H3/t8-,10?/m1/s1. The molecule has 1 aliphatic carbocycles. The van der Waals surface area contributed by atoms with E-state index in [4.69, 9.17) is 0 Å². The number of aliphatic hydroxyl groups is 1. The van der Waals surface area contributed by atoms with Crippen molar-refractivity contribution in [3.63, 3.8) is 0 Å². The lowest BCUT2D eigenvalue weighted by Crippen LogP contribution is -2.21. The molecular weight excluding hydrogens is 136 g/mol. The van der Waals surface area contributed by atoms with Crippen molar-refractivity contribution in [2.24, 2.45) is 5.92 Å². The van der Waals surface area contributed by atoms with Crippen molar-refractivity contribution in [1.29, 1.82) is 0 Å². The lowest BCUT2D eigenvalue weighted by atomic mass is 9.83. The lowest BCUT2D eigenvalue weighted by Gasteiger charge is -2.26. The summed E-state index contributed by atoms with van der Waals surface area (Å²) in [6.45, 7) is 6.40. The quantitative estimate of drug-likeness (QED) is 0.531. The maximum Gasteiger partial charge on any atom is 0.0755 e. The zero-order valence-electron chi connectivity index (χ0n) is 7.72. The van der Waals surface area contributed by atoms with Crippen molar-refractivity contribution in [3.8, 4) is 0 Å². The fourth-order valence-electron chi connectivity index (χ4n) is 1.79. The second kappa shape index (κ2) is 3.40. The third-order valence-corrected chi connectivity index (χ3v) is 2.58. The van der Waals surface area contributed by atoms with Crippen LogP contribution in [0.1, 0.15) is 40.0 Å². The second-order valence-electron chi connectivity index (χ2n) is 3.92. The Labute approximate surface area is 69.1 Å². The highest BCUT2D eigenvalue weighted by Gasteiger charge is 2.21. The van der Waals surface area contributed by atoms with Crippen molar-refractivity contribution in [2.45, 2.75) is 46.1 Å². The SMILES string of the molecule is CC(C)=C1CC[C@@H](C)CC1O. The summed E-state index contributed by atoms with van der Waals surface area (Å²) in [5.74, 6) is 0.702. The fourth-order valence-corrected chi connectivity index (χ4v) is 1.79. The van der Waals surface area contributed by atoms with Gasteiger partial charge in [-0.1, -0.05) is 12.5 Å². The summed E-state index contributed by atoms with van der Waals surface area (Å²) in [6, 6.07) is 0. The van der Waals surface area contributed by atoms with Crippen LogP contribution in [-0.4, -0.2) is 11.2 Å². The molecule has 1 aliphatic rings. The van der Waals surface area contributed by atoms with E-state index in [0.717, 1.165) is 12.8 Å². The van der Waals surface area contributed by atoms with Gasteiger partial charge in [-0.25, -0.2) is 0 Å². The van der Waals surface area contributed by atoms with Gasteiger partial charge < -0.3 is 5.11 Å². The van der Waals surface area contributed by atoms with Crippen LogP contribution >= 0.6 is 0 Å². The molecule has 1 fully saturated rings. The smallest absolute Gasteiger partial charge is 0.0755 e. The maximum absolute atomic E-state index is 9.65. The Balaban J connectivity index is 2.65. The second-order valence-corrected chi connectivity index (χ2v) is 3.92. The predicted molar refractivity (Wildman–Crippen MR) is 47.4 cm³/mol. The first-order valence-electron chi connectivity index (χ1n) is 4.45. The molecule has 0 spiro atoms. The Morgan fingerprint density at radius 2 is 2.09 bits per heavy atom. The van der Waals surface area contributed by atoms with E-state index >= 15 is 0 Å². The Kier molecular flexibility index (Phi) is 2.72. The predicted octanol–water partition coefficient (Wildman–Crippen LogP) is 2.50. The molecule has 64 valence electrons. The molecule has 0 saturated heterocycles. The average molecular weight is 154 g/mol. The van der Waals surface area contributed by atoms with Crippen LogP contribution in [0.4, 0.5) is 0 Å². The molecule has 1 N–H and O–H groups in total. The minimum atomic E-state index is -0.149. The van der Waals surface area contributed by atoms with Crippen molar-refractivity contribution in [3.05, 3.63) is 11.1 Å². The largest absolute Gasteiger partial charge is 0.389 e. The highest BCUT2D eigenvalue weighted by Crippen LogP contribution is 2.29. The maximum atomic E-state index is 9.65. The molecule has 0 aliphatic heterocycles. The summed E-state index contributed by atoms with van der Waals surface area (Å²) in [6.07, 6.45) is 3.16. The molecule has 0 amide bonds. The van der Waals surface area contributed by atoms with Crippen LogP contribution < -0.4 is 0 Å². The monoisotopic (exact) mass is 154 g/mol. The summed E-state index contributed by atoms with van der Waals surface area (Å²) >= 11 is 0. The minimum absolute atomic E-state index is 0.149. The molecule has 1 nitrogen and oxygen atoms in total. The molecule has 1 unspecified atom stereocenters. The first kappa shape index (κ1) is 8.79. The Hall–Kier alpha value is -0.300. The van der Waals surface area contributed by atoms with Crippen LogP contribution in [0.2, 0.25) is 0 Å². The zero-order chi connectivity index (χ0) is 8.43. The number of hydrogen-bond acceptors (Lipinski definition) is 1. The number of aliphatic hydroxyl groups excluding tert-OH is 1. The van der Waals surface area contributed by atoms with Gasteiger partial charge in [0.15, 0.2) is 0 Å². The fraction of sp³-hybridized carbons (Fsp3) is 0.800. The summed E-state index contributed by atoms with van der Waals surface area (Å²) in [7, 11) is 0. The Bertz CT molecular complexity index is 166. The highest BCUT2D eigenvalue weighted by atomic mass is 16.3. The van der Waals surface area contributed by atoms with Crippen LogP contribution in [-0.2, 0) is 0 Å². The van der Waals surface area contributed by atoms with Gasteiger partial charge in [-0.2, -0.15) is 0 Å². The van der Waals surface area contributed by atoms with Crippen LogP contribution in [0.25, 0.3) is 0 Å². The third-order valence-electron chi connectivity index (χ3n) is 2.58. The number of allylic oxidation sites excluding steroid dienone is 1. The van der Waals surface area contributed by atoms with Crippen molar-refractivity contribution < 1.29 is 5.11 Å². The minimum Gasteiger partial charge on any atom is -0.389 e. The summed E-state index contributed by atoms with van der Waals surface area (Å²) < 4.78 is 0. The molecule has 0 heterocycles. The van der Waals surface area contributed by atoms with Crippen LogP contribution in [0.5, 0.6) is 0 Å². The molecule has 0 bridgehead atoms. The van der Waals surface area contributed by atoms with E-state index in [0.29, 0.717) is 5.92 Å². The highest BCUT2D eigenvalue weighted by molar-refractivity contribution is 5.16. The molecule has 11 heavy (non-hydrogen) atoms. The van der Waals surface area contributed by atoms with Gasteiger partial charge in [0, 0.05) is 0 Å². The molecular formula is C10H18O. The normalized spacial score (nSPS) is 32.2. The zero-order valence-corrected chi connectivity index (χ0v) is 7.72. The van der Waals surface area contributed by atoms with Crippen LogP contribution in [0, 0.1) is 5.92 Å². The van der Waals surface area contributed by atoms with E-state index in [9.17, 15) is 5.11 Å². The topological polar surface area (TPSA) is 20.2 Å². The van der Waals surface area contributed by atoms with Gasteiger partial charge in [-0.15, -0.1) is 0 Å². The summed E-state index contributed by atoms with van der Waals surface area (Å²) in [5, 5.41) is 9.65. The molecule has 0 aromatic carbocycles. The molecule has 2 atom stereocenters. The van der Waals surface area contributed by atoms with Crippen LogP contribution in [0.15, 0.2) is 11.1 Å². The molecule has 0 radical (unpaired) electrons. The van der Waals surface area contributed by atoms with Gasteiger partial charge in [-0.05, 0) is 44.6 Å². The third kappa shape index (κ3) is 2.06. The lowest BCUT2D eigenvalue weighted by molar-refractivity contribution is 0.152. The number of hydrogen-bond donors (Lipinski definition) is 1. The van der Waals surface area contributed by atoms with Gasteiger partial charge in [0.05, 0.1) is 6.10 Å². The first-order chi connectivity index (χ1) is 5.11. The van der Waals surface area contributed by atoms with Crippen molar-refractivity contribution in [1.82, 2.24) is 0 Å². The molecule has 1 rings (SSSR count). The van der Waals surface area contributed by atoms with E-state index in [-0.39, 0.29) is 6.10 Å². The van der Waals surface area contributed by atoms with Gasteiger partial charge in [0.2, 0.25) is 0 Å². The van der Waals surface area contributed by atoms with Gasteiger partial charge in [0.25, 0.3) is 0 Å². The molecule has 1 saturated carbocycles. The molecule has 0 aromatic rings. The molecule has 0 aromatic heterocycles. The van der Waals surface area contributed by atoms with Gasteiger partial charge in [-0.3, -0.25) is 0 Å². The van der Waals surface area contributed by atoms with Crippen molar-refractivity contribution >= 4 is 0 Å². The first-order valence-corrected chi connectivity index (χ1v) is 4.45. The van der Waals surface area contributed by atoms with E-state index in [1.54, 1.807) is 0 Å². The number of rotatable bonds is 0. The van der Waals surface area contributed by atoms with E-state index < -0.39 is 0 Å². The van der Waals surface area contributed by atoms with E-state index in [2.05, 4.69) is 20.8 Å². The average Bonchev–Trinajstić information content (AvgIpc) is 1.85.